The Morgan fingerprint density at radius 2 is 1.83 bits per heavy atom. The summed E-state index contributed by atoms with van der Waals surface area (Å²) in [5, 5.41) is 14.2. The van der Waals surface area contributed by atoms with Crippen LogP contribution in [0.2, 0.25) is 0 Å². The summed E-state index contributed by atoms with van der Waals surface area (Å²) in [4.78, 5) is 24.6. The van der Waals surface area contributed by atoms with Gasteiger partial charge in [-0.1, -0.05) is 0 Å². The second-order valence-electron chi connectivity index (χ2n) is 5.35. The Kier molecular flexibility index (Phi) is 5.40. The molecular formula is C12H23N3O3. The van der Waals surface area contributed by atoms with Gasteiger partial charge in [-0.25, -0.2) is 4.79 Å². The minimum atomic E-state index is -0.938. The largest absolute Gasteiger partial charge is 0.481 e. The highest BCUT2D eigenvalue weighted by molar-refractivity contribution is 5.77. The fourth-order valence-electron chi connectivity index (χ4n) is 1.77. The number of hydrogen-bond donors (Lipinski definition) is 3. The Morgan fingerprint density at radius 1 is 1.22 bits per heavy atom. The molecule has 104 valence electrons. The number of hydrogen-bond acceptors (Lipinski definition) is 3. The molecule has 0 radical (unpaired) electrons. The van der Waals surface area contributed by atoms with Crippen LogP contribution >= 0.6 is 0 Å². The lowest BCUT2D eigenvalue weighted by atomic mass is 9.94. The van der Waals surface area contributed by atoms with Crippen molar-refractivity contribution in [1.82, 2.24) is 15.5 Å². The van der Waals surface area contributed by atoms with Crippen LogP contribution in [0.4, 0.5) is 4.79 Å². The van der Waals surface area contributed by atoms with Crippen molar-refractivity contribution in [3.05, 3.63) is 0 Å². The molecule has 6 heteroatoms. The predicted octanol–water partition coefficient (Wildman–Crippen LogP) is 0.492. The molecule has 18 heavy (non-hydrogen) atoms. The van der Waals surface area contributed by atoms with Gasteiger partial charge in [0.2, 0.25) is 0 Å². The Hall–Kier alpha value is -1.30. The third-order valence-electron chi connectivity index (χ3n) is 3.18. The molecule has 1 rings (SSSR count). The molecule has 0 aromatic carbocycles. The van der Waals surface area contributed by atoms with Crippen LogP contribution in [0.1, 0.15) is 26.7 Å². The van der Waals surface area contributed by atoms with E-state index in [1.54, 1.807) is 13.8 Å². The Labute approximate surface area is 108 Å². The van der Waals surface area contributed by atoms with Crippen molar-refractivity contribution < 1.29 is 14.7 Å². The molecule has 2 amide bonds. The number of carbonyl (C=O) groups excluding carboxylic acids is 1. The van der Waals surface area contributed by atoms with Crippen LogP contribution in [0.3, 0.4) is 0 Å². The lowest BCUT2D eigenvalue weighted by Crippen LogP contribution is -2.45. The van der Waals surface area contributed by atoms with E-state index >= 15 is 0 Å². The minimum absolute atomic E-state index is 0.123. The summed E-state index contributed by atoms with van der Waals surface area (Å²) in [6, 6.07) is -0.302. The molecule has 0 saturated carbocycles. The standard InChI is InChI=1S/C12H23N3O3/c1-12(2,10(16)17)9-14-11(18)13-5-8-15-6-3-4-7-15/h3-9H2,1-2H3,(H,16,17)(H2,13,14,18). The topological polar surface area (TPSA) is 81.7 Å². The molecule has 0 spiro atoms. The SMILES string of the molecule is CC(C)(CNC(=O)NCCN1CCCC1)C(=O)O. The normalized spacial score (nSPS) is 16.6. The van der Waals surface area contributed by atoms with Crippen molar-refractivity contribution in [3.63, 3.8) is 0 Å². The first-order valence-electron chi connectivity index (χ1n) is 6.39. The van der Waals surface area contributed by atoms with E-state index in [9.17, 15) is 9.59 Å². The van der Waals surface area contributed by atoms with Crippen LogP contribution in [0.25, 0.3) is 0 Å². The van der Waals surface area contributed by atoms with Crippen molar-refractivity contribution >= 4 is 12.0 Å². The second kappa shape index (κ2) is 6.58. The van der Waals surface area contributed by atoms with Gasteiger partial charge >= 0.3 is 12.0 Å². The number of urea groups is 1. The molecule has 0 bridgehead atoms. The number of nitrogens with zero attached hydrogens (tertiary/aromatic N) is 1. The van der Waals surface area contributed by atoms with E-state index in [1.165, 1.54) is 12.8 Å². The van der Waals surface area contributed by atoms with Gasteiger partial charge in [0.1, 0.15) is 0 Å². The summed E-state index contributed by atoms with van der Waals surface area (Å²) < 4.78 is 0. The maximum atomic E-state index is 11.5. The fourth-order valence-corrected chi connectivity index (χ4v) is 1.77. The van der Waals surface area contributed by atoms with Crippen molar-refractivity contribution in [2.24, 2.45) is 5.41 Å². The van der Waals surface area contributed by atoms with Gasteiger partial charge in [0.05, 0.1) is 5.41 Å². The third-order valence-corrected chi connectivity index (χ3v) is 3.18. The van der Waals surface area contributed by atoms with Crippen molar-refractivity contribution in [2.75, 3.05) is 32.7 Å². The first kappa shape index (κ1) is 14.8. The molecule has 0 aromatic rings. The van der Waals surface area contributed by atoms with E-state index < -0.39 is 11.4 Å². The molecule has 1 heterocycles. The van der Waals surface area contributed by atoms with Gasteiger partial charge in [-0.15, -0.1) is 0 Å². The zero-order valence-corrected chi connectivity index (χ0v) is 11.2. The van der Waals surface area contributed by atoms with Crippen LogP contribution < -0.4 is 10.6 Å². The number of carboxylic acids is 1. The van der Waals surface area contributed by atoms with E-state index in [2.05, 4.69) is 15.5 Å². The van der Waals surface area contributed by atoms with Crippen LogP contribution in [0.15, 0.2) is 0 Å². The average molecular weight is 257 g/mol. The van der Waals surface area contributed by atoms with Gasteiger partial charge in [-0.05, 0) is 39.8 Å². The van der Waals surface area contributed by atoms with Crippen LogP contribution in [-0.4, -0.2) is 54.7 Å². The maximum Gasteiger partial charge on any atom is 0.314 e. The van der Waals surface area contributed by atoms with E-state index in [0.29, 0.717) is 6.54 Å². The highest BCUT2D eigenvalue weighted by atomic mass is 16.4. The monoisotopic (exact) mass is 257 g/mol. The van der Waals surface area contributed by atoms with Crippen LogP contribution in [0.5, 0.6) is 0 Å². The Morgan fingerprint density at radius 3 is 2.39 bits per heavy atom. The molecule has 0 atom stereocenters. The molecule has 6 nitrogen and oxygen atoms in total. The number of rotatable bonds is 6. The Bertz CT molecular complexity index is 299. The number of likely N-dealkylation sites (tertiary alicyclic amines) is 1. The highest BCUT2D eigenvalue weighted by Gasteiger charge is 2.27. The van der Waals surface area contributed by atoms with Crippen molar-refractivity contribution in [1.29, 1.82) is 0 Å². The van der Waals surface area contributed by atoms with Gasteiger partial charge in [0, 0.05) is 19.6 Å². The second-order valence-corrected chi connectivity index (χ2v) is 5.35. The number of aliphatic carboxylic acids is 1. The quantitative estimate of drug-likeness (QED) is 0.647. The summed E-state index contributed by atoms with van der Waals surface area (Å²) >= 11 is 0. The van der Waals surface area contributed by atoms with Gasteiger partial charge in [0.25, 0.3) is 0 Å². The minimum Gasteiger partial charge on any atom is -0.481 e. The third kappa shape index (κ3) is 4.91. The fraction of sp³-hybridized carbons (Fsp3) is 0.833. The molecular weight excluding hydrogens is 234 g/mol. The number of carboxylic acid groups (broad SMARTS) is 1. The summed E-state index contributed by atoms with van der Waals surface area (Å²) in [5.41, 5.74) is -0.938. The van der Waals surface area contributed by atoms with Gasteiger partial charge in [-0.3, -0.25) is 4.79 Å². The van der Waals surface area contributed by atoms with E-state index in [0.717, 1.165) is 19.6 Å². The maximum absolute atomic E-state index is 11.5. The van der Waals surface area contributed by atoms with Gasteiger partial charge in [0.15, 0.2) is 0 Å². The number of amides is 2. The summed E-state index contributed by atoms with van der Waals surface area (Å²) in [5.74, 6) is -0.917. The van der Waals surface area contributed by atoms with Crippen molar-refractivity contribution in [3.8, 4) is 0 Å². The molecule has 1 fully saturated rings. The van der Waals surface area contributed by atoms with E-state index in [1.807, 2.05) is 0 Å². The summed E-state index contributed by atoms with van der Waals surface area (Å²) in [7, 11) is 0. The van der Waals surface area contributed by atoms with E-state index in [4.69, 9.17) is 5.11 Å². The first-order valence-corrected chi connectivity index (χ1v) is 6.39. The summed E-state index contributed by atoms with van der Waals surface area (Å²) in [6.07, 6.45) is 2.47. The van der Waals surface area contributed by atoms with Gasteiger partial charge < -0.3 is 20.6 Å². The highest BCUT2D eigenvalue weighted by Crippen LogP contribution is 2.12. The zero-order valence-electron chi connectivity index (χ0n) is 11.2. The number of nitrogens with one attached hydrogen (secondary N) is 2. The van der Waals surface area contributed by atoms with E-state index in [-0.39, 0.29) is 12.6 Å². The summed E-state index contributed by atoms with van der Waals surface area (Å²) in [6.45, 7) is 6.96. The van der Waals surface area contributed by atoms with Crippen molar-refractivity contribution in [2.45, 2.75) is 26.7 Å². The average Bonchev–Trinajstić information content (AvgIpc) is 2.79. The van der Waals surface area contributed by atoms with Crippen LogP contribution in [-0.2, 0) is 4.79 Å². The zero-order chi connectivity index (χ0) is 13.6. The van der Waals surface area contributed by atoms with Gasteiger partial charge in [-0.2, -0.15) is 0 Å². The molecule has 0 aromatic heterocycles. The molecule has 3 N–H and O–H groups in total. The smallest absolute Gasteiger partial charge is 0.314 e. The first-order chi connectivity index (χ1) is 8.42. The van der Waals surface area contributed by atoms with Crippen LogP contribution in [0, 0.1) is 5.41 Å². The Balaban J connectivity index is 2.11. The molecule has 1 aliphatic heterocycles. The molecule has 1 aliphatic rings. The predicted molar refractivity (Wildman–Crippen MR) is 68.5 cm³/mol. The molecule has 1 saturated heterocycles. The molecule has 0 aliphatic carbocycles. The number of carbonyl (C=O) groups is 2. The lowest BCUT2D eigenvalue weighted by Gasteiger charge is -2.20. The molecule has 0 unspecified atom stereocenters. The lowest BCUT2D eigenvalue weighted by molar-refractivity contribution is -0.146.